The van der Waals surface area contributed by atoms with Gasteiger partial charge >= 0.3 is 18.9 Å². The zero-order chi connectivity index (χ0) is 9.10. The van der Waals surface area contributed by atoms with Crippen LogP contribution in [0.3, 0.4) is 0 Å². The monoisotopic (exact) mass is 196 g/mol. The Morgan fingerprint density at radius 2 is 1.57 bits per heavy atom. The summed E-state index contributed by atoms with van der Waals surface area (Å²) in [4.78, 5) is 0. The van der Waals surface area contributed by atoms with Gasteiger partial charge < -0.3 is 4.43 Å². The van der Waals surface area contributed by atoms with E-state index in [1.807, 2.05) is 7.11 Å². The van der Waals surface area contributed by atoms with Crippen LogP contribution in [0.25, 0.3) is 0 Å². The molecule has 67 valence electrons. The summed E-state index contributed by atoms with van der Waals surface area (Å²) >= 11 is 0. The maximum absolute atomic E-state index is 5.60. The summed E-state index contributed by atoms with van der Waals surface area (Å²) in [6.07, 6.45) is 15.2. The molecule has 0 unspecified atom stereocenters. The summed E-state index contributed by atoms with van der Waals surface area (Å²) in [6.45, 7) is 0. The van der Waals surface area contributed by atoms with Crippen molar-refractivity contribution < 1.29 is 23.3 Å². The normalized spacial score (nSPS) is 18.4. The number of rotatable bonds is 3. The standard InChI is InChI=1S/C11H13OSi.Li/c1-12-13(10-6-2-3-7-10)11-8-4-5-9-11;/h2-6,8H,7,9H2,1H3;/q;+1. The fraction of sp³-hybridized carbons (Fsp3) is 0.273. The van der Waals surface area contributed by atoms with Gasteiger partial charge in [0.2, 0.25) is 0 Å². The molecule has 1 radical (unpaired) electrons. The Bertz CT molecular complexity index is 285. The Balaban J connectivity index is 0.000000980. The predicted octanol–water partition coefficient (Wildman–Crippen LogP) is -0.521. The second-order valence-corrected chi connectivity index (χ2v) is 5.53. The number of hydrogen-bond donors (Lipinski definition) is 0. The molecule has 0 fully saturated rings. The molecule has 0 N–H and O–H groups in total. The molecule has 2 aliphatic rings. The van der Waals surface area contributed by atoms with Gasteiger partial charge in [-0.15, -0.1) is 0 Å². The molecule has 0 atom stereocenters. The molecule has 14 heavy (non-hydrogen) atoms. The molecular weight excluding hydrogens is 183 g/mol. The Labute approximate surface area is 99.1 Å². The Morgan fingerprint density at radius 3 is 1.86 bits per heavy atom. The first-order chi connectivity index (χ1) is 6.42. The first kappa shape index (κ1) is 11.8. The van der Waals surface area contributed by atoms with Gasteiger partial charge in [0.15, 0.2) is 0 Å². The van der Waals surface area contributed by atoms with E-state index in [4.69, 9.17) is 4.43 Å². The SMILES string of the molecule is CO[Si](C1=CC=CC1)C1=CC=CC1.[Li+]. The predicted molar refractivity (Wildman–Crippen MR) is 56.4 cm³/mol. The van der Waals surface area contributed by atoms with Crippen LogP contribution >= 0.6 is 0 Å². The summed E-state index contributed by atoms with van der Waals surface area (Å²) in [6, 6.07) is 0. The molecule has 2 aliphatic carbocycles. The summed E-state index contributed by atoms with van der Waals surface area (Å²) in [7, 11) is 0.984. The smallest absolute Gasteiger partial charge is 0.411 e. The van der Waals surface area contributed by atoms with Crippen LogP contribution in [0.1, 0.15) is 12.8 Å². The van der Waals surface area contributed by atoms with E-state index in [2.05, 4.69) is 36.5 Å². The second-order valence-electron chi connectivity index (χ2n) is 3.18. The van der Waals surface area contributed by atoms with Crippen molar-refractivity contribution in [1.82, 2.24) is 0 Å². The first-order valence-corrected chi connectivity index (χ1v) is 5.95. The summed E-state index contributed by atoms with van der Waals surface area (Å²) in [5, 5.41) is 2.95. The zero-order valence-electron chi connectivity index (χ0n) is 8.79. The van der Waals surface area contributed by atoms with Gasteiger partial charge in [-0.3, -0.25) is 0 Å². The van der Waals surface area contributed by atoms with Crippen molar-refractivity contribution in [2.24, 2.45) is 0 Å². The third-order valence-corrected chi connectivity index (χ3v) is 4.65. The van der Waals surface area contributed by atoms with Crippen molar-refractivity contribution in [2.45, 2.75) is 12.8 Å². The van der Waals surface area contributed by atoms with Crippen molar-refractivity contribution in [3.8, 4) is 0 Å². The van der Waals surface area contributed by atoms with Crippen LogP contribution < -0.4 is 18.9 Å². The topological polar surface area (TPSA) is 9.23 Å². The molecular formula is C11H13LiOSi+. The van der Waals surface area contributed by atoms with Gasteiger partial charge in [0.25, 0.3) is 9.04 Å². The largest absolute Gasteiger partial charge is 1.00 e. The van der Waals surface area contributed by atoms with E-state index >= 15 is 0 Å². The van der Waals surface area contributed by atoms with Crippen LogP contribution in [-0.4, -0.2) is 16.2 Å². The average Bonchev–Trinajstić information content (AvgIpc) is 2.76. The maximum Gasteiger partial charge on any atom is 1.00 e. The molecule has 0 spiro atoms. The Hall–Kier alpha value is -0.266. The van der Waals surface area contributed by atoms with Gasteiger partial charge in [0.1, 0.15) is 0 Å². The van der Waals surface area contributed by atoms with E-state index in [9.17, 15) is 0 Å². The van der Waals surface area contributed by atoms with E-state index in [0.29, 0.717) is 0 Å². The summed E-state index contributed by atoms with van der Waals surface area (Å²) in [5.74, 6) is 0. The van der Waals surface area contributed by atoms with Gasteiger partial charge in [-0.05, 0) is 23.2 Å². The maximum atomic E-state index is 5.60. The summed E-state index contributed by atoms with van der Waals surface area (Å²) in [5.41, 5.74) is 0. The van der Waals surface area contributed by atoms with Gasteiger partial charge in [0, 0.05) is 7.11 Å². The van der Waals surface area contributed by atoms with Gasteiger partial charge in [0.05, 0.1) is 0 Å². The second kappa shape index (κ2) is 5.58. The van der Waals surface area contributed by atoms with Crippen LogP contribution in [0.4, 0.5) is 0 Å². The van der Waals surface area contributed by atoms with Gasteiger partial charge in [-0.25, -0.2) is 0 Å². The van der Waals surface area contributed by atoms with E-state index < -0.39 is 9.04 Å². The van der Waals surface area contributed by atoms with Crippen LogP contribution in [0.5, 0.6) is 0 Å². The molecule has 0 saturated carbocycles. The molecule has 0 bridgehead atoms. The molecule has 0 aromatic rings. The van der Waals surface area contributed by atoms with E-state index in [1.165, 1.54) is 10.4 Å². The van der Waals surface area contributed by atoms with Crippen molar-refractivity contribution in [2.75, 3.05) is 7.11 Å². The molecule has 0 aromatic carbocycles. The number of hydrogen-bond acceptors (Lipinski definition) is 1. The third-order valence-electron chi connectivity index (χ3n) is 2.33. The first-order valence-electron chi connectivity index (χ1n) is 4.55. The van der Waals surface area contributed by atoms with Crippen molar-refractivity contribution in [3.05, 3.63) is 46.8 Å². The fourth-order valence-electron chi connectivity index (χ4n) is 1.70. The van der Waals surface area contributed by atoms with Crippen molar-refractivity contribution >= 4 is 9.04 Å². The van der Waals surface area contributed by atoms with Gasteiger partial charge in [-0.2, -0.15) is 0 Å². The van der Waals surface area contributed by atoms with Gasteiger partial charge in [-0.1, -0.05) is 36.5 Å². The van der Waals surface area contributed by atoms with Crippen LogP contribution in [0, 0.1) is 0 Å². The Morgan fingerprint density at radius 1 is 1.07 bits per heavy atom. The third kappa shape index (κ3) is 2.40. The molecule has 0 aliphatic heterocycles. The van der Waals surface area contributed by atoms with E-state index in [1.54, 1.807) is 0 Å². The van der Waals surface area contributed by atoms with Crippen molar-refractivity contribution in [3.63, 3.8) is 0 Å². The molecule has 0 saturated heterocycles. The molecule has 3 heteroatoms. The minimum atomic E-state index is -0.842. The zero-order valence-corrected chi connectivity index (χ0v) is 9.79. The van der Waals surface area contributed by atoms with Crippen LogP contribution in [0.15, 0.2) is 46.8 Å². The van der Waals surface area contributed by atoms with Crippen LogP contribution in [0.2, 0.25) is 0 Å². The molecule has 1 nitrogen and oxygen atoms in total. The fourth-order valence-corrected chi connectivity index (χ4v) is 3.74. The Kier molecular flexibility index (Phi) is 4.70. The summed E-state index contributed by atoms with van der Waals surface area (Å²) < 4.78 is 5.60. The molecule has 0 heterocycles. The number of allylic oxidation sites excluding steroid dienone is 8. The quantitative estimate of drug-likeness (QED) is 0.552. The average molecular weight is 196 g/mol. The van der Waals surface area contributed by atoms with Crippen molar-refractivity contribution in [1.29, 1.82) is 0 Å². The molecule has 0 aromatic heterocycles. The molecule has 2 rings (SSSR count). The van der Waals surface area contributed by atoms with E-state index in [0.717, 1.165) is 12.8 Å². The van der Waals surface area contributed by atoms with E-state index in [-0.39, 0.29) is 18.9 Å². The minimum Gasteiger partial charge on any atom is -0.411 e. The minimum absolute atomic E-state index is 0. The molecule has 0 amide bonds. The van der Waals surface area contributed by atoms with Crippen LogP contribution in [-0.2, 0) is 4.43 Å².